The van der Waals surface area contributed by atoms with Crippen molar-refractivity contribution >= 4 is 15.9 Å². The highest BCUT2D eigenvalue weighted by atomic mass is 79.9. The predicted octanol–water partition coefficient (Wildman–Crippen LogP) is 3.41. The van der Waals surface area contributed by atoms with Crippen LogP contribution in [0.2, 0.25) is 0 Å². The molecule has 3 rings (SSSR count). The second-order valence-corrected chi connectivity index (χ2v) is 6.08. The fourth-order valence-electron chi connectivity index (χ4n) is 2.86. The maximum absolute atomic E-state index is 5.74. The lowest BCUT2D eigenvalue weighted by molar-refractivity contribution is 0.212. The van der Waals surface area contributed by atoms with Gasteiger partial charge in [-0.05, 0) is 30.9 Å². The lowest BCUT2D eigenvalue weighted by Crippen LogP contribution is -2.34. The molecule has 1 aliphatic heterocycles. The van der Waals surface area contributed by atoms with Crippen molar-refractivity contribution in [1.82, 2.24) is 4.90 Å². The first-order valence-electron chi connectivity index (χ1n) is 6.90. The van der Waals surface area contributed by atoms with E-state index in [0.29, 0.717) is 5.92 Å². The van der Waals surface area contributed by atoms with E-state index in [0.717, 1.165) is 30.1 Å². The molecule has 2 aliphatic rings. The quantitative estimate of drug-likeness (QED) is 0.773. The summed E-state index contributed by atoms with van der Waals surface area (Å²) in [6.07, 6.45) is 3.93. The number of halogens is 1. The van der Waals surface area contributed by atoms with Crippen LogP contribution in [0.4, 0.5) is 0 Å². The lowest BCUT2D eigenvalue weighted by atomic mass is 9.92. The number of nitrogens with zero attached hydrogens (tertiary/aromatic N) is 1. The Morgan fingerprint density at radius 2 is 2.06 bits per heavy atom. The second-order valence-electron chi connectivity index (χ2n) is 5.29. The molecule has 1 fully saturated rings. The molecule has 1 unspecified atom stereocenters. The Balaban J connectivity index is 1.72. The molecule has 3 heteroatoms. The zero-order valence-corrected chi connectivity index (χ0v) is 12.2. The Hall–Kier alpha value is -0.540. The fourth-order valence-corrected chi connectivity index (χ4v) is 3.32. The van der Waals surface area contributed by atoms with Crippen LogP contribution in [-0.4, -0.2) is 36.0 Å². The number of hydrogen-bond acceptors (Lipinski definition) is 2. The molecule has 1 saturated carbocycles. The number of hydrogen-bond donors (Lipinski definition) is 0. The molecule has 0 spiro atoms. The molecule has 0 N–H and O–H groups in total. The van der Waals surface area contributed by atoms with E-state index < -0.39 is 0 Å². The van der Waals surface area contributed by atoms with Crippen molar-refractivity contribution in [2.24, 2.45) is 0 Å². The first-order chi connectivity index (χ1) is 8.88. The summed E-state index contributed by atoms with van der Waals surface area (Å²) in [5, 5.41) is 1.08. The van der Waals surface area contributed by atoms with Crippen LogP contribution in [0.3, 0.4) is 0 Å². The summed E-state index contributed by atoms with van der Waals surface area (Å²) in [4.78, 5) is 2.65. The van der Waals surface area contributed by atoms with Gasteiger partial charge in [-0.2, -0.15) is 0 Å². The van der Waals surface area contributed by atoms with Crippen molar-refractivity contribution in [2.75, 3.05) is 25.0 Å². The predicted molar refractivity (Wildman–Crippen MR) is 77.7 cm³/mol. The van der Waals surface area contributed by atoms with E-state index in [9.17, 15) is 0 Å². The summed E-state index contributed by atoms with van der Waals surface area (Å²) >= 11 is 3.58. The molecule has 1 heterocycles. The van der Waals surface area contributed by atoms with Crippen LogP contribution < -0.4 is 4.74 Å². The van der Waals surface area contributed by atoms with Gasteiger partial charge in [0.25, 0.3) is 0 Å². The van der Waals surface area contributed by atoms with Crippen molar-refractivity contribution in [3.8, 4) is 5.75 Å². The highest BCUT2D eigenvalue weighted by Crippen LogP contribution is 2.36. The average Bonchev–Trinajstić information content (AvgIpc) is 3.23. The molecular formula is C15H20BrNO. The molecule has 0 radical (unpaired) electrons. The van der Waals surface area contributed by atoms with Crippen LogP contribution in [0, 0.1) is 0 Å². The molecule has 0 amide bonds. The van der Waals surface area contributed by atoms with E-state index in [1.54, 1.807) is 0 Å². The van der Waals surface area contributed by atoms with Gasteiger partial charge < -0.3 is 4.74 Å². The topological polar surface area (TPSA) is 12.5 Å². The SMILES string of the molecule is BrCCN(CC1CCOc2ccccc21)C1CC1. The Kier molecular flexibility index (Phi) is 3.90. The van der Waals surface area contributed by atoms with E-state index in [-0.39, 0.29) is 0 Å². The molecule has 98 valence electrons. The fraction of sp³-hybridized carbons (Fsp3) is 0.600. The van der Waals surface area contributed by atoms with Crippen LogP contribution in [0.15, 0.2) is 24.3 Å². The highest BCUT2D eigenvalue weighted by molar-refractivity contribution is 9.09. The molecule has 0 bridgehead atoms. The van der Waals surface area contributed by atoms with E-state index in [4.69, 9.17) is 4.74 Å². The number of para-hydroxylation sites is 1. The molecular weight excluding hydrogens is 290 g/mol. The Bertz CT molecular complexity index is 405. The van der Waals surface area contributed by atoms with Gasteiger partial charge in [0.1, 0.15) is 5.75 Å². The van der Waals surface area contributed by atoms with Gasteiger partial charge in [-0.25, -0.2) is 0 Å². The third-order valence-electron chi connectivity index (χ3n) is 3.97. The third-order valence-corrected chi connectivity index (χ3v) is 4.33. The van der Waals surface area contributed by atoms with Crippen LogP contribution in [0.25, 0.3) is 0 Å². The lowest BCUT2D eigenvalue weighted by Gasteiger charge is -2.31. The first kappa shape index (κ1) is 12.5. The maximum atomic E-state index is 5.74. The van der Waals surface area contributed by atoms with Crippen LogP contribution in [0.5, 0.6) is 5.75 Å². The minimum Gasteiger partial charge on any atom is -0.493 e. The van der Waals surface area contributed by atoms with Gasteiger partial charge in [-0.1, -0.05) is 34.1 Å². The summed E-state index contributed by atoms with van der Waals surface area (Å²) < 4.78 is 5.74. The van der Waals surface area contributed by atoms with Crippen molar-refractivity contribution < 1.29 is 4.74 Å². The van der Waals surface area contributed by atoms with Gasteiger partial charge in [-0.3, -0.25) is 4.90 Å². The summed E-state index contributed by atoms with van der Waals surface area (Å²) in [5.74, 6) is 1.75. The summed E-state index contributed by atoms with van der Waals surface area (Å²) in [7, 11) is 0. The monoisotopic (exact) mass is 309 g/mol. The maximum Gasteiger partial charge on any atom is 0.122 e. The molecule has 1 aromatic carbocycles. The summed E-state index contributed by atoms with van der Waals surface area (Å²) in [6, 6.07) is 9.38. The summed E-state index contributed by atoms with van der Waals surface area (Å²) in [5.41, 5.74) is 1.41. The van der Waals surface area contributed by atoms with E-state index in [1.807, 2.05) is 0 Å². The molecule has 0 aromatic heterocycles. The zero-order valence-electron chi connectivity index (χ0n) is 10.6. The van der Waals surface area contributed by atoms with Crippen molar-refractivity contribution in [3.63, 3.8) is 0 Å². The third kappa shape index (κ3) is 2.72. The molecule has 1 atom stereocenters. The smallest absolute Gasteiger partial charge is 0.122 e. The Labute approximate surface area is 117 Å². The number of benzene rings is 1. The molecule has 1 aliphatic carbocycles. The van der Waals surface area contributed by atoms with Gasteiger partial charge in [0.2, 0.25) is 0 Å². The van der Waals surface area contributed by atoms with Crippen LogP contribution in [-0.2, 0) is 0 Å². The minimum absolute atomic E-state index is 0.648. The average molecular weight is 310 g/mol. The van der Waals surface area contributed by atoms with Crippen molar-refractivity contribution in [3.05, 3.63) is 29.8 Å². The van der Waals surface area contributed by atoms with Gasteiger partial charge in [0, 0.05) is 30.4 Å². The van der Waals surface area contributed by atoms with Gasteiger partial charge >= 0.3 is 0 Å². The van der Waals surface area contributed by atoms with E-state index >= 15 is 0 Å². The first-order valence-corrected chi connectivity index (χ1v) is 8.02. The molecule has 2 nitrogen and oxygen atoms in total. The number of alkyl halides is 1. The van der Waals surface area contributed by atoms with E-state index in [1.165, 1.54) is 31.5 Å². The zero-order chi connectivity index (χ0) is 12.4. The van der Waals surface area contributed by atoms with Gasteiger partial charge in [0.05, 0.1) is 6.61 Å². The Morgan fingerprint density at radius 3 is 2.83 bits per heavy atom. The minimum atomic E-state index is 0.648. The highest BCUT2D eigenvalue weighted by Gasteiger charge is 2.31. The van der Waals surface area contributed by atoms with Crippen molar-refractivity contribution in [2.45, 2.75) is 31.2 Å². The molecule has 1 aromatic rings. The summed E-state index contributed by atoms with van der Waals surface area (Å²) in [6.45, 7) is 3.23. The van der Waals surface area contributed by atoms with Crippen LogP contribution >= 0.6 is 15.9 Å². The standard InChI is InChI=1S/C15H20BrNO/c16-8-9-17(13-5-6-13)11-12-7-10-18-15-4-2-1-3-14(12)15/h1-4,12-13H,5-11H2. The molecule has 0 saturated heterocycles. The van der Waals surface area contributed by atoms with Gasteiger partial charge in [-0.15, -0.1) is 0 Å². The van der Waals surface area contributed by atoms with Crippen LogP contribution in [0.1, 0.15) is 30.7 Å². The second kappa shape index (κ2) is 5.62. The Morgan fingerprint density at radius 1 is 1.22 bits per heavy atom. The largest absolute Gasteiger partial charge is 0.493 e. The van der Waals surface area contributed by atoms with E-state index in [2.05, 4.69) is 45.1 Å². The normalized spacial score (nSPS) is 22.7. The number of rotatable bonds is 5. The number of fused-ring (bicyclic) bond motifs is 1. The number of ether oxygens (including phenoxy) is 1. The van der Waals surface area contributed by atoms with Gasteiger partial charge in [0.15, 0.2) is 0 Å². The van der Waals surface area contributed by atoms with Crippen molar-refractivity contribution in [1.29, 1.82) is 0 Å². The molecule has 18 heavy (non-hydrogen) atoms.